The Morgan fingerprint density at radius 1 is 0.633 bits per heavy atom. The van der Waals surface area contributed by atoms with Gasteiger partial charge in [-0.1, -0.05) is 0 Å². The molecule has 2 aliphatic rings. The number of nitrogens with zero attached hydrogens (tertiary/aromatic N) is 8. The summed E-state index contributed by atoms with van der Waals surface area (Å²) in [6, 6.07) is 2.14. The zero-order valence-electron chi connectivity index (χ0n) is 17.1. The molecule has 0 spiro atoms. The summed E-state index contributed by atoms with van der Waals surface area (Å²) in [6.07, 6.45) is 9.08. The Balaban J connectivity index is 1.14. The van der Waals surface area contributed by atoms with Crippen LogP contribution in [0.2, 0.25) is 0 Å². The van der Waals surface area contributed by atoms with E-state index < -0.39 is 0 Å². The van der Waals surface area contributed by atoms with Gasteiger partial charge < -0.3 is 19.8 Å². The van der Waals surface area contributed by atoms with E-state index in [2.05, 4.69) is 55.6 Å². The summed E-state index contributed by atoms with van der Waals surface area (Å²) in [4.78, 5) is 33.7. The molecule has 5 heterocycles. The molecule has 0 bridgehead atoms. The van der Waals surface area contributed by atoms with Crippen molar-refractivity contribution in [3.8, 4) is 0 Å². The minimum absolute atomic E-state index is 0.873. The van der Waals surface area contributed by atoms with E-state index in [0.717, 1.165) is 88.7 Å². The summed E-state index contributed by atoms with van der Waals surface area (Å²) in [7, 11) is 0. The maximum Gasteiger partial charge on any atom is 0.134 e. The van der Waals surface area contributed by atoms with Crippen LogP contribution in [0, 0.1) is 0 Å². The molecule has 2 fully saturated rings. The van der Waals surface area contributed by atoms with Crippen molar-refractivity contribution in [2.24, 2.45) is 0 Å². The largest absolute Gasteiger partial charge is 0.354 e. The first-order valence-electron chi connectivity index (χ1n) is 10.6. The lowest BCUT2D eigenvalue weighted by atomic mass is 10.3. The van der Waals surface area contributed by atoms with Gasteiger partial charge in [0.2, 0.25) is 0 Å². The zero-order chi connectivity index (χ0) is 20.2. The summed E-state index contributed by atoms with van der Waals surface area (Å²) in [5.41, 5.74) is 0. The highest BCUT2D eigenvalue weighted by atomic mass is 15.3. The topological polar surface area (TPSA) is 96.1 Å². The number of piperazine rings is 2. The number of H-pyrrole nitrogens is 2. The number of aromatic amines is 2. The standard InChI is InChI=1S/C20H28N10/c1-2-22-17(21-1)14-27-5-9-29(10-6-27)19-13-20(26-16-25-19)30-11-7-28(8-12-30)15-18-23-3-4-24-18/h1-4,13,16H,5-12,14-15H2,(H,21,22)(H,23,24). The molecule has 10 heteroatoms. The number of anilines is 2. The maximum atomic E-state index is 4.55. The first kappa shape index (κ1) is 19.0. The molecule has 10 nitrogen and oxygen atoms in total. The molecule has 158 valence electrons. The Morgan fingerprint density at radius 2 is 1.10 bits per heavy atom. The zero-order valence-corrected chi connectivity index (χ0v) is 17.1. The third-order valence-corrected chi connectivity index (χ3v) is 5.89. The van der Waals surface area contributed by atoms with Crippen molar-refractivity contribution in [3.05, 3.63) is 48.8 Å². The normalized spacial score (nSPS) is 18.8. The van der Waals surface area contributed by atoms with Crippen LogP contribution in [0.15, 0.2) is 37.2 Å². The molecule has 0 radical (unpaired) electrons. The molecule has 3 aromatic rings. The van der Waals surface area contributed by atoms with Gasteiger partial charge in [-0.05, 0) is 0 Å². The van der Waals surface area contributed by atoms with Crippen LogP contribution in [0.4, 0.5) is 11.6 Å². The number of hydrogen-bond donors (Lipinski definition) is 2. The molecular formula is C20H28N10. The van der Waals surface area contributed by atoms with Crippen LogP contribution in [0.1, 0.15) is 11.6 Å². The monoisotopic (exact) mass is 408 g/mol. The van der Waals surface area contributed by atoms with Crippen molar-refractivity contribution < 1.29 is 0 Å². The molecule has 2 saturated heterocycles. The summed E-state index contributed by atoms with van der Waals surface area (Å²) >= 11 is 0. The third kappa shape index (κ3) is 4.44. The fourth-order valence-electron chi connectivity index (χ4n) is 4.15. The third-order valence-electron chi connectivity index (χ3n) is 5.89. The van der Waals surface area contributed by atoms with E-state index in [-0.39, 0.29) is 0 Å². The van der Waals surface area contributed by atoms with Crippen LogP contribution in [0.25, 0.3) is 0 Å². The predicted molar refractivity (Wildman–Crippen MR) is 114 cm³/mol. The first-order chi connectivity index (χ1) is 14.8. The molecule has 0 atom stereocenters. The predicted octanol–water partition coefficient (Wildman–Crippen LogP) is 0.567. The van der Waals surface area contributed by atoms with Crippen LogP contribution in [-0.2, 0) is 13.1 Å². The second-order valence-corrected chi connectivity index (χ2v) is 7.83. The van der Waals surface area contributed by atoms with Crippen molar-refractivity contribution in [2.45, 2.75) is 13.1 Å². The Bertz CT molecular complexity index is 822. The molecule has 3 aromatic heterocycles. The van der Waals surface area contributed by atoms with Crippen molar-refractivity contribution in [3.63, 3.8) is 0 Å². The molecule has 0 unspecified atom stereocenters. The van der Waals surface area contributed by atoms with E-state index in [9.17, 15) is 0 Å². The average molecular weight is 409 g/mol. The van der Waals surface area contributed by atoms with E-state index in [1.54, 1.807) is 6.33 Å². The number of aromatic nitrogens is 6. The summed E-state index contributed by atoms with van der Waals surface area (Å²) in [5.74, 6) is 4.10. The van der Waals surface area contributed by atoms with Gasteiger partial charge in [-0.3, -0.25) is 9.80 Å². The van der Waals surface area contributed by atoms with Crippen molar-refractivity contribution in [1.82, 2.24) is 39.7 Å². The highest BCUT2D eigenvalue weighted by Crippen LogP contribution is 2.21. The van der Waals surface area contributed by atoms with Gasteiger partial charge >= 0.3 is 0 Å². The van der Waals surface area contributed by atoms with Gasteiger partial charge in [-0.15, -0.1) is 0 Å². The van der Waals surface area contributed by atoms with E-state index in [4.69, 9.17) is 0 Å². The highest BCUT2D eigenvalue weighted by molar-refractivity contribution is 5.50. The lowest BCUT2D eigenvalue weighted by molar-refractivity contribution is 0.243. The minimum Gasteiger partial charge on any atom is -0.354 e. The molecule has 0 aliphatic carbocycles. The molecule has 2 N–H and O–H groups in total. The van der Waals surface area contributed by atoms with Gasteiger partial charge in [0.05, 0.1) is 13.1 Å². The fourth-order valence-corrected chi connectivity index (χ4v) is 4.15. The van der Waals surface area contributed by atoms with E-state index in [0.29, 0.717) is 0 Å². The van der Waals surface area contributed by atoms with Gasteiger partial charge in [0, 0.05) is 83.2 Å². The molecule has 30 heavy (non-hydrogen) atoms. The molecular weight excluding hydrogens is 380 g/mol. The summed E-state index contributed by atoms with van der Waals surface area (Å²) in [5, 5.41) is 0. The van der Waals surface area contributed by atoms with Crippen LogP contribution in [0.3, 0.4) is 0 Å². The van der Waals surface area contributed by atoms with Crippen molar-refractivity contribution in [1.29, 1.82) is 0 Å². The maximum absolute atomic E-state index is 4.55. The Hall–Kier alpha value is -2.98. The average Bonchev–Trinajstić information content (AvgIpc) is 3.50. The minimum atomic E-state index is 0.873. The van der Waals surface area contributed by atoms with E-state index in [1.165, 1.54) is 0 Å². The van der Waals surface area contributed by atoms with Gasteiger partial charge in [0.15, 0.2) is 0 Å². The quantitative estimate of drug-likeness (QED) is 0.611. The van der Waals surface area contributed by atoms with Crippen LogP contribution < -0.4 is 9.80 Å². The fraction of sp³-hybridized carbons (Fsp3) is 0.500. The Morgan fingerprint density at radius 3 is 1.50 bits per heavy atom. The second-order valence-electron chi connectivity index (χ2n) is 7.83. The van der Waals surface area contributed by atoms with Crippen LogP contribution in [-0.4, -0.2) is 92.1 Å². The highest BCUT2D eigenvalue weighted by Gasteiger charge is 2.22. The second kappa shape index (κ2) is 8.80. The van der Waals surface area contributed by atoms with E-state index in [1.807, 2.05) is 24.8 Å². The lowest BCUT2D eigenvalue weighted by Gasteiger charge is -2.36. The number of imidazole rings is 2. The molecule has 0 amide bonds. The van der Waals surface area contributed by atoms with Gasteiger partial charge in [0.1, 0.15) is 29.6 Å². The smallest absolute Gasteiger partial charge is 0.134 e. The first-order valence-corrected chi connectivity index (χ1v) is 10.6. The summed E-state index contributed by atoms with van der Waals surface area (Å²) in [6.45, 7) is 9.63. The lowest BCUT2D eigenvalue weighted by Crippen LogP contribution is -2.47. The molecule has 0 saturated carbocycles. The van der Waals surface area contributed by atoms with Gasteiger partial charge in [-0.25, -0.2) is 19.9 Å². The number of nitrogens with one attached hydrogen (secondary N) is 2. The Kier molecular flexibility index (Phi) is 5.58. The van der Waals surface area contributed by atoms with Gasteiger partial charge in [-0.2, -0.15) is 0 Å². The van der Waals surface area contributed by atoms with E-state index >= 15 is 0 Å². The van der Waals surface area contributed by atoms with Gasteiger partial charge in [0.25, 0.3) is 0 Å². The number of hydrogen-bond acceptors (Lipinski definition) is 8. The summed E-state index contributed by atoms with van der Waals surface area (Å²) < 4.78 is 0. The Labute approximate surface area is 176 Å². The van der Waals surface area contributed by atoms with Crippen LogP contribution in [0.5, 0.6) is 0 Å². The van der Waals surface area contributed by atoms with Crippen molar-refractivity contribution in [2.75, 3.05) is 62.2 Å². The van der Waals surface area contributed by atoms with Crippen molar-refractivity contribution >= 4 is 11.6 Å². The molecule has 5 rings (SSSR count). The SMILES string of the molecule is c1nc(N2CCN(Cc3ncc[nH]3)CC2)cc(N2CCN(Cc3ncc[nH]3)CC2)n1. The molecule has 2 aliphatic heterocycles. The number of rotatable bonds is 6. The van der Waals surface area contributed by atoms with Crippen LogP contribution >= 0.6 is 0 Å². The molecule has 0 aromatic carbocycles.